The maximum atomic E-state index is 11.4. The van der Waals surface area contributed by atoms with E-state index >= 15 is 0 Å². The molecule has 0 aliphatic carbocycles. The average Bonchev–Trinajstić information content (AvgIpc) is 2.34. The standard InChI is InChI=1S/C11H21NO6/c1-6-8(12-7(14)4-5-13)9(15)10(16-2)11(17-3)18-6/h6,8-11,13,15H,4-5H2,1-3H3,(H,12,14)/t6-,8-,9+,10+,11+/m1/s1. The summed E-state index contributed by atoms with van der Waals surface area (Å²) in [7, 11) is 2.90. The average molecular weight is 263 g/mol. The second-order valence-electron chi connectivity index (χ2n) is 4.20. The number of carbonyl (C=O) groups excluding carboxylic acids is 1. The lowest BCUT2D eigenvalue weighted by atomic mass is 9.96. The van der Waals surface area contributed by atoms with Crippen LogP contribution in [0.4, 0.5) is 0 Å². The van der Waals surface area contributed by atoms with Crippen molar-refractivity contribution in [3.05, 3.63) is 0 Å². The van der Waals surface area contributed by atoms with Crippen LogP contribution in [0.2, 0.25) is 0 Å². The Morgan fingerprint density at radius 1 is 1.39 bits per heavy atom. The van der Waals surface area contributed by atoms with Crippen molar-refractivity contribution in [3.8, 4) is 0 Å². The van der Waals surface area contributed by atoms with Gasteiger partial charge in [0.1, 0.15) is 12.2 Å². The van der Waals surface area contributed by atoms with Crippen LogP contribution in [0.3, 0.4) is 0 Å². The fraction of sp³-hybridized carbons (Fsp3) is 0.909. The van der Waals surface area contributed by atoms with Crippen molar-refractivity contribution in [3.63, 3.8) is 0 Å². The van der Waals surface area contributed by atoms with E-state index in [1.807, 2.05) is 0 Å². The summed E-state index contributed by atoms with van der Waals surface area (Å²) in [5.41, 5.74) is 0. The Hall–Kier alpha value is -0.730. The molecule has 1 aliphatic heterocycles. The molecular formula is C11H21NO6. The van der Waals surface area contributed by atoms with Gasteiger partial charge in [0.25, 0.3) is 0 Å². The first kappa shape index (κ1) is 15.3. The van der Waals surface area contributed by atoms with Crippen LogP contribution in [0.15, 0.2) is 0 Å². The molecular weight excluding hydrogens is 242 g/mol. The Bertz CT molecular complexity index is 274. The van der Waals surface area contributed by atoms with Gasteiger partial charge < -0.3 is 29.7 Å². The molecule has 0 aromatic rings. The topological polar surface area (TPSA) is 97.3 Å². The number of hydrogen-bond acceptors (Lipinski definition) is 6. The third-order valence-electron chi connectivity index (χ3n) is 3.00. The van der Waals surface area contributed by atoms with Crippen LogP contribution >= 0.6 is 0 Å². The lowest BCUT2D eigenvalue weighted by Crippen LogP contribution is -2.63. The van der Waals surface area contributed by atoms with E-state index in [0.717, 1.165) is 0 Å². The summed E-state index contributed by atoms with van der Waals surface area (Å²) in [6.45, 7) is 1.49. The number of hydrogen-bond donors (Lipinski definition) is 3. The number of aliphatic hydroxyl groups excluding tert-OH is 2. The summed E-state index contributed by atoms with van der Waals surface area (Å²) in [4.78, 5) is 11.4. The molecule has 1 rings (SSSR count). The smallest absolute Gasteiger partial charge is 0.222 e. The molecule has 1 amide bonds. The van der Waals surface area contributed by atoms with Crippen molar-refractivity contribution >= 4 is 5.91 Å². The summed E-state index contributed by atoms with van der Waals surface area (Å²) in [6, 6.07) is -0.597. The first-order valence-electron chi connectivity index (χ1n) is 5.84. The van der Waals surface area contributed by atoms with E-state index in [9.17, 15) is 9.90 Å². The van der Waals surface area contributed by atoms with E-state index in [1.165, 1.54) is 14.2 Å². The second kappa shape index (κ2) is 7.01. The van der Waals surface area contributed by atoms with Gasteiger partial charge in [-0.2, -0.15) is 0 Å². The largest absolute Gasteiger partial charge is 0.396 e. The lowest BCUT2D eigenvalue weighted by molar-refractivity contribution is -0.269. The Balaban J connectivity index is 2.70. The van der Waals surface area contributed by atoms with Crippen molar-refractivity contribution in [1.82, 2.24) is 5.32 Å². The van der Waals surface area contributed by atoms with Crippen molar-refractivity contribution < 1.29 is 29.2 Å². The SMILES string of the molecule is CO[C@H]1O[C@H](C)[C@@H](NC(=O)CCO)[C@H](O)[C@@H]1OC. The minimum absolute atomic E-state index is 0.0126. The second-order valence-corrected chi connectivity index (χ2v) is 4.20. The molecule has 3 N–H and O–H groups in total. The summed E-state index contributed by atoms with van der Waals surface area (Å²) in [5.74, 6) is -0.345. The number of ether oxygens (including phenoxy) is 3. The quantitative estimate of drug-likeness (QED) is 0.565. The van der Waals surface area contributed by atoms with Gasteiger partial charge in [-0.25, -0.2) is 0 Å². The van der Waals surface area contributed by atoms with E-state index in [0.29, 0.717) is 0 Å². The molecule has 0 spiro atoms. The van der Waals surface area contributed by atoms with Gasteiger partial charge in [-0.15, -0.1) is 0 Å². The molecule has 106 valence electrons. The summed E-state index contributed by atoms with van der Waals surface area (Å²) < 4.78 is 15.7. The zero-order chi connectivity index (χ0) is 13.7. The van der Waals surface area contributed by atoms with Crippen LogP contribution in [0, 0.1) is 0 Å². The van der Waals surface area contributed by atoms with Crippen LogP contribution in [0.5, 0.6) is 0 Å². The van der Waals surface area contributed by atoms with Gasteiger partial charge in [0.05, 0.1) is 18.8 Å². The van der Waals surface area contributed by atoms with Gasteiger partial charge in [-0.1, -0.05) is 0 Å². The number of amides is 1. The fourth-order valence-corrected chi connectivity index (χ4v) is 2.02. The monoisotopic (exact) mass is 263 g/mol. The zero-order valence-electron chi connectivity index (χ0n) is 10.8. The van der Waals surface area contributed by atoms with Gasteiger partial charge in [-0.3, -0.25) is 4.79 Å². The van der Waals surface area contributed by atoms with Gasteiger partial charge in [0.2, 0.25) is 5.91 Å². The molecule has 0 aromatic carbocycles. The molecule has 0 saturated carbocycles. The van der Waals surface area contributed by atoms with Gasteiger partial charge >= 0.3 is 0 Å². The van der Waals surface area contributed by atoms with Gasteiger partial charge in [-0.05, 0) is 6.92 Å². The number of nitrogens with one attached hydrogen (secondary N) is 1. The molecule has 18 heavy (non-hydrogen) atoms. The molecule has 0 bridgehead atoms. The molecule has 5 atom stereocenters. The van der Waals surface area contributed by atoms with Crippen LogP contribution < -0.4 is 5.32 Å². The Morgan fingerprint density at radius 3 is 2.56 bits per heavy atom. The van der Waals surface area contributed by atoms with Crippen LogP contribution in [-0.2, 0) is 19.0 Å². The highest BCUT2D eigenvalue weighted by Gasteiger charge is 2.44. The van der Waals surface area contributed by atoms with E-state index in [-0.39, 0.29) is 18.9 Å². The first-order valence-corrected chi connectivity index (χ1v) is 5.84. The highest BCUT2D eigenvalue weighted by Crippen LogP contribution is 2.23. The van der Waals surface area contributed by atoms with Crippen molar-refractivity contribution in [2.75, 3.05) is 20.8 Å². The van der Waals surface area contributed by atoms with E-state index < -0.39 is 30.6 Å². The molecule has 0 aromatic heterocycles. The molecule has 1 heterocycles. The third-order valence-corrected chi connectivity index (χ3v) is 3.00. The molecule has 0 radical (unpaired) electrons. The molecule has 1 fully saturated rings. The zero-order valence-corrected chi connectivity index (χ0v) is 10.8. The first-order chi connectivity index (χ1) is 8.54. The molecule has 0 unspecified atom stereocenters. The fourth-order valence-electron chi connectivity index (χ4n) is 2.02. The molecule has 1 saturated heterocycles. The Kier molecular flexibility index (Phi) is 5.97. The summed E-state index contributed by atoms with van der Waals surface area (Å²) >= 11 is 0. The maximum Gasteiger partial charge on any atom is 0.222 e. The van der Waals surface area contributed by atoms with Crippen LogP contribution in [0.25, 0.3) is 0 Å². The van der Waals surface area contributed by atoms with E-state index in [1.54, 1.807) is 6.92 Å². The number of methoxy groups -OCH3 is 2. The third kappa shape index (κ3) is 3.39. The summed E-state index contributed by atoms with van der Waals surface area (Å²) in [5, 5.41) is 21.5. The lowest BCUT2D eigenvalue weighted by Gasteiger charge is -2.42. The van der Waals surface area contributed by atoms with Crippen molar-refractivity contribution in [2.24, 2.45) is 0 Å². The van der Waals surface area contributed by atoms with Crippen molar-refractivity contribution in [1.29, 1.82) is 0 Å². The number of carbonyl (C=O) groups is 1. The molecule has 7 heteroatoms. The minimum atomic E-state index is -0.939. The normalized spacial score (nSPS) is 36.4. The summed E-state index contributed by atoms with van der Waals surface area (Å²) in [6.07, 6.45) is -2.72. The Morgan fingerprint density at radius 2 is 2.06 bits per heavy atom. The highest BCUT2D eigenvalue weighted by molar-refractivity contribution is 5.76. The minimum Gasteiger partial charge on any atom is -0.396 e. The van der Waals surface area contributed by atoms with E-state index in [2.05, 4.69) is 5.32 Å². The Labute approximate surface area is 106 Å². The predicted octanol–water partition coefficient (Wildman–Crippen LogP) is -1.38. The maximum absolute atomic E-state index is 11.4. The molecule has 1 aliphatic rings. The van der Waals surface area contributed by atoms with Crippen LogP contribution in [-0.4, -0.2) is 67.6 Å². The number of rotatable bonds is 5. The van der Waals surface area contributed by atoms with Gasteiger partial charge in [0, 0.05) is 20.6 Å². The highest BCUT2D eigenvalue weighted by atomic mass is 16.7. The molecule has 7 nitrogen and oxygen atoms in total. The van der Waals surface area contributed by atoms with Crippen LogP contribution in [0.1, 0.15) is 13.3 Å². The number of aliphatic hydroxyl groups is 2. The van der Waals surface area contributed by atoms with Gasteiger partial charge in [0.15, 0.2) is 6.29 Å². The van der Waals surface area contributed by atoms with E-state index in [4.69, 9.17) is 19.3 Å². The predicted molar refractivity (Wildman–Crippen MR) is 61.8 cm³/mol. The van der Waals surface area contributed by atoms with Crippen molar-refractivity contribution in [2.45, 2.75) is 44.0 Å².